The summed E-state index contributed by atoms with van der Waals surface area (Å²) in [5, 5.41) is 3.91. The Kier molecular flexibility index (Phi) is 4.00. The molecule has 0 atom stereocenters. The zero-order valence-corrected chi connectivity index (χ0v) is 12.2. The van der Waals surface area contributed by atoms with Gasteiger partial charge in [0.15, 0.2) is 5.76 Å². The molecule has 2 aromatic rings. The van der Waals surface area contributed by atoms with Gasteiger partial charge in [-0.2, -0.15) is 0 Å². The Morgan fingerprint density at radius 1 is 1.44 bits per heavy atom. The van der Waals surface area contributed by atoms with E-state index in [4.69, 9.17) is 9.26 Å². The summed E-state index contributed by atoms with van der Waals surface area (Å²) in [6, 6.07) is 7.33. The van der Waals surface area contributed by atoms with Crippen molar-refractivity contribution in [2.45, 2.75) is 13.3 Å². The summed E-state index contributed by atoms with van der Waals surface area (Å²) in [6.07, 6.45) is 0.532. The van der Waals surface area contributed by atoms with E-state index in [0.717, 1.165) is 20.6 Å². The third kappa shape index (κ3) is 2.55. The first-order valence-corrected chi connectivity index (χ1v) is 6.48. The number of carbonyl (C=O) groups excluding carboxylic acids is 1. The third-order valence-electron chi connectivity index (χ3n) is 2.63. The summed E-state index contributed by atoms with van der Waals surface area (Å²) >= 11 is 2.19. The van der Waals surface area contributed by atoms with Gasteiger partial charge in [-0.3, -0.25) is 0 Å². The molecule has 5 heteroatoms. The first-order valence-electron chi connectivity index (χ1n) is 5.40. The van der Waals surface area contributed by atoms with E-state index in [9.17, 15) is 4.79 Å². The highest BCUT2D eigenvalue weighted by molar-refractivity contribution is 14.1. The molecule has 18 heavy (non-hydrogen) atoms. The lowest BCUT2D eigenvalue weighted by Gasteiger charge is -2.05. The second kappa shape index (κ2) is 5.51. The van der Waals surface area contributed by atoms with Crippen LogP contribution in [-0.4, -0.2) is 18.2 Å². The highest BCUT2D eigenvalue weighted by atomic mass is 127. The van der Waals surface area contributed by atoms with E-state index in [1.807, 2.05) is 25.1 Å². The van der Waals surface area contributed by atoms with Gasteiger partial charge in [-0.15, -0.1) is 0 Å². The fourth-order valence-corrected chi connectivity index (χ4v) is 2.06. The topological polar surface area (TPSA) is 52.3 Å². The van der Waals surface area contributed by atoms with Crippen molar-refractivity contribution in [1.82, 2.24) is 5.16 Å². The number of esters is 1. The van der Waals surface area contributed by atoms with E-state index >= 15 is 0 Å². The van der Waals surface area contributed by atoms with Crippen LogP contribution in [0.5, 0.6) is 0 Å². The lowest BCUT2D eigenvalue weighted by atomic mass is 10.0. The van der Waals surface area contributed by atoms with Gasteiger partial charge in [0.2, 0.25) is 0 Å². The summed E-state index contributed by atoms with van der Waals surface area (Å²) in [7, 11) is 1.38. The molecule has 0 amide bonds. The van der Waals surface area contributed by atoms with Crippen molar-refractivity contribution in [1.29, 1.82) is 0 Å². The van der Waals surface area contributed by atoms with E-state index in [1.165, 1.54) is 7.11 Å². The van der Waals surface area contributed by atoms with Crippen LogP contribution in [0, 0.1) is 10.5 Å². The lowest BCUT2D eigenvalue weighted by molar-refractivity contribution is 0.0599. The summed E-state index contributed by atoms with van der Waals surface area (Å²) in [5.41, 5.74) is 2.30. The van der Waals surface area contributed by atoms with Crippen molar-refractivity contribution in [3.63, 3.8) is 0 Å². The number of ether oxygens (including phenoxy) is 1. The predicted molar refractivity (Wildman–Crippen MR) is 74.5 cm³/mol. The number of methoxy groups -OCH3 is 1. The number of aromatic nitrogens is 1. The van der Waals surface area contributed by atoms with Crippen molar-refractivity contribution in [3.8, 4) is 0 Å². The number of benzene rings is 1. The summed E-state index contributed by atoms with van der Waals surface area (Å²) in [5.74, 6) is 0.432. The van der Waals surface area contributed by atoms with Crippen molar-refractivity contribution in [3.05, 3.63) is 50.4 Å². The Bertz CT molecular complexity index is 577. The molecule has 0 fully saturated rings. The Hall–Kier alpha value is -1.37. The van der Waals surface area contributed by atoms with Crippen LogP contribution in [0.25, 0.3) is 0 Å². The standard InChI is InChI=1S/C13H12INO3/c1-8-12(14)11(18-15-8)7-9-5-3-4-6-10(9)13(16)17-2/h3-6H,7H2,1-2H3. The molecule has 0 saturated carbocycles. The van der Waals surface area contributed by atoms with Crippen molar-refractivity contribution >= 4 is 28.6 Å². The zero-order valence-electron chi connectivity index (χ0n) is 10.1. The van der Waals surface area contributed by atoms with Crippen LogP contribution >= 0.6 is 22.6 Å². The molecule has 1 heterocycles. The number of hydrogen-bond acceptors (Lipinski definition) is 4. The molecule has 0 radical (unpaired) electrons. The number of rotatable bonds is 3. The Balaban J connectivity index is 2.35. The molecule has 0 spiro atoms. The van der Waals surface area contributed by atoms with Gasteiger partial charge in [0, 0.05) is 6.42 Å². The van der Waals surface area contributed by atoms with Crippen LogP contribution in [0.2, 0.25) is 0 Å². The van der Waals surface area contributed by atoms with Crippen LogP contribution < -0.4 is 0 Å². The second-order valence-corrected chi connectivity index (χ2v) is 4.91. The molecule has 0 aliphatic rings. The number of aryl methyl sites for hydroxylation is 1. The predicted octanol–water partition coefficient (Wildman–Crippen LogP) is 2.97. The molecule has 94 valence electrons. The van der Waals surface area contributed by atoms with Crippen LogP contribution in [0.15, 0.2) is 28.8 Å². The quantitative estimate of drug-likeness (QED) is 0.626. The van der Waals surface area contributed by atoms with Crippen molar-refractivity contribution in [2.75, 3.05) is 7.11 Å². The largest absolute Gasteiger partial charge is 0.465 e. The minimum atomic E-state index is -0.336. The highest BCUT2D eigenvalue weighted by Gasteiger charge is 2.16. The lowest BCUT2D eigenvalue weighted by Crippen LogP contribution is -2.06. The van der Waals surface area contributed by atoms with E-state index in [0.29, 0.717) is 12.0 Å². The van der Waals surface area contributed by atoms with Gasteiger partial charge >= 0.3 is 5.97 Å². The average molecular weight is 357 g/mol. The van der Waals surface area contributed by atoms with Gasteiger partial charge in [0.1, 0.15) is 0 Å². The van der Waals surface area contributed by atoms with Gasteiger partial charge in [-0.05, 0) is 41.1 Å². The average Bonchev–Trinajstić information content (AvgIpc) is 2.70. The van der Waals surface area contributed by atoms with Crippen LogP contribution in [0.1, 0.15) is 27.4 Å². The first-order chi connectivity index (χ1) is 8.63. The van der Waals surface area contributed by atoms with E-state index in [1.54, 1.807) is 6.07 Å². The van der Waals surface area contributed by atoms with Gasteiger partial charge in [-0.25, -0.2) is 4.79 Å². The maximum Gasteiger partial charge on any atom is 0.338 e. The third-order valence-corrected chi connectivity index (χ3v) is 4.01. The summed E-state index contributed by atoms with van der Waals surface area (Å²) < 4.78 is 11.0. The molecule has 0 aliphatic carbocycles. The maximum absolute atomic E-state index is 11.6. The van der Waals surface area contributed by atoms with Crippen molar-refractivity contribution < 1.29 is 14.1 Å². The maximum atomic E-state index is 11.6. The highest BCUT2D eigenvalue weighted by Crippen LogP contribution is 2.21. The summed E-state index contributed by atoms with van der Waals surface area (Å²) in [6.45, 7) is 1.89. The monoisotopic (exact) mass is 357 g/mol. The van der Waals surface area contributed by atoms with Crippen molar-refractivity contribution in [2.24, 2.45) is 0 Å². The van der Waals surface area contributed by atoms with Gasteiger partial charge in [-0.1, -0.05) is 23.4 Å². The molecule has 1 aromatic heterocycles. The minimum Gasteiger partial charge on any atom is -0.465 e. The molecule has 0 N–H and O–H groups in total. The first kappa shape index (κ1) is 13.1. The van der Waals surface area contributed by atoms with Gasteiger partial charge in [0.25, 0.3) is 0 Å². The number of halogens is 1. The summed E-state index contributed by atoms with van der Waals surface area (Å²) in [4.78, 5) is 11.6. The van der Waals surface area contributed by atoms with Crippen LogP contribution in [-0.2, 0) is 11.2 Å². The number of nitrogens with zero attached hydrogens (tertiary/aromatic N) is 1. The Morgan fingerprint density at radius 3 is 2.78 bits per heavy atom. The molecular weight excluding hydrogens is 345 g/mol. The van der Waals surface area contributed by atoms with E-state index in [-0.39, 0.29) is 5.97 Å². The molecule has 0 unspecified atom stereocenters. The smallest absolute Gasteiger partial charge is 0.338 e. The van der Waals surface area contributed by atoms with Gasteiger partial charge < -0.3 is 9.26 Å². The molecule has 1 aromatic carbocycles. The van der Waals surface area contributed by atoms with E-state index < -0.39 is 0 Å². The second-order valence-electron chi connectivity index (χ2n) is 3.83. The molecular formula is C13H12INO3. The molecule has 0 saturated heterocycles. The van der Waals surface area contributed by atoms with Crippen LogP contribution in [0.4, 0.5) is 0 Å². The van der Waals surface area contributed by atoms with Gasteiger partial charge in [0.05, 0.1) is 21.9 Å². The van der Waals surface area contributed by atoms with Crippen LogP contribution in [0.3, 0.4) is 0 Å². The fourth-order valence-electron chi connectivity index (χ4n) is 1.67. The number of hydrogen-bond donors (Lipinski definition) is 0. The van der Waals surface area contributed by atoms with E-state index in [2.05, 4.69) is 27.7 Å². The number of carbonyl (C=O) groups is 1. The molecule has 0 bridgehead atoms. The normalized spacial score (nSPS) is 10.4. The zero-order chi connectivity index (χ0) is 13.1. The molecule has 0 aliphatic heterocycles. The fraction of sp³-hybridized carbons (Fsp3) is 0.231. The SMILES string of the molecule is COC(=O)c1ccccc1Cc1onc(C)c1I. The molecule has 4 nitrogen and oxygen atoms in total. The Morgan fingerprint density at radius 2 is 2.17 bits per heavy atom. The molecule has 2 rings (SSSR count). The Labute approximate surface area is 118 Å². The minimum absolute atomic E-state index is 0.336.